The SMILES string of the molecule is CCC1CN(C(=NC)NCc2nc(C(F)(F)F)cs2)CCS1.I. The summed E-state index contributed by atoms with van der Waals surface area (Å²) in [7, 11) is 1.69. The van der Waals surface area contributed by atoms with Crippen molar-refractivity contribution >= 4 is 53.0 Å². The number of rotatable bonds is 3. The van der Waals surface area contributed by atoms with E-state index in [0.717, 1.165) is 47.9 Å². The predicted octanol–water partition coefficient (Wildman–Crippen LogP) is 3.68. The van der Waals surface area contributed by atoms with Gasteiger partial charge in [-0.1, -0.05) is 6.92 Å². The fourth-order valence-electron chi connectivity index (χ4n) is 2.17. The van der Waals surface area contributed by atoms with Crippen LogP contribution in [0.2, 0.25) is 0 Å². The molecule has 1 aliphatic heterocycles. The van der Waals surface area contributed by atoms with Crippen LogP contribution < -0.4 is 5.32 Å². The molecule has 0 radical (unpaired) electrons. The zero-order valence-electron chi connectivity index (χ0n) is 12.9. The van der Waals surface area contributed by atoms with Gasteiger partial charge in [-0.05, 0) is 6.42 Å². The maximum absolute atomic E-state index is 12.5. The van der Waals surface area contributed by atoms with Crippen molar-refractivity contribution in [2.75, 3.05) is 25.9 Å². The molecule has 10 heteroatoms. The number of halogens is 4. The summed E-state index contributed by atoms with van der Waals surface area (Å²) in [5, 5.41) is 5.14. The van der Waals surface area contributed by atoms with Crippen LogP contribution >= 0.6 is 47.1 Å². The molecular weight excluding hydrogens is 460 g/mol. The number of thiazole rings is 1. The Bertz CT molecular complexity index is 522. The van der Waals surface area contributed by atoms with Crippen molar-refractivity contribution in [3.05, 3.63) is 16.1 Å². The van der Waals surface area contributed by atoms with E-state index in [2.05, 4.69) is 27.1 Å². The minimum Gasteiger partial charge on any atom is -0.350 e. The van der Waals surface area contributed by atoms with Gasteiger partial charge in [0.2, 0.25) is 0 Å². The highest BCUT2D eigenvalue weighted by Gasteiger charge is 2.33. The highest BCUT2D eigenvalue weighted by atomic mass is 127. The molecule has 4 nitrogen and oxygen atoms in total. The fourth-order valence-corrected chi connectivity index (χ4v) is 4.09. The predicted molar refractivity (Wildman–Crippen MR) is 101 cm³/mol. The average molecular weight is 480 g/mol. The van der Waals surface area contributed by atoms with Gasteiger partial charge in [0.05, 0.1) is 6.54 Å². The van der Waals surface area contributed by atoms with Crippen molar-refractivity contribution < 1.29 is 13.2 Å². The monoisotopic (exact) mass is 480 g/mol. The smallest absolute Gasteiger partial charge is 0.350 e. The van der Waals surface area contributed by atoms with Crippen molar-refractivity contribution in [2.24, 2.45) is 4.99 Å². The van der Waals surface area contributed by atoms with Gasteiger partial charge in [0, 0.05) is 36.5 Å². The van der Waals surface area contributed by atoms with Crippen LogP contribution in [0.1, 0.15) is 24.0 Å². The minimum absolute atomic E-state index is 0. The van der Waals surface area contributed by atoms with Crippen LogP contribution in [-0.2, 0) is 12.7 Å². The zero-order chi connectivity index (χ0) is 16.2. The van der Waals surface area contributed by atoms with Gasteiger partial charge in [-0.25, -0.2) is 4.98 Å². The molecule has 0 spiro atoms. The van der Waals surface area contributed by atoms with Gasteiger partial charge in [-0.15, -0.1) is 35.3 Å². The maximum Gasteiger partial charge on any atom is 0.434 e. The van der Waals surface area contributed by atoms with Crippen LogP contribution in [0.25, 0.3) is 0 Å². The van der Waals surface area contributed by atoms with Crippen LogP contribution in [-0.4, -0.2) is 47.0 Å². The van der Waals surface area contributed by atoms with E-state index < -0.39 is 11.9 Å². The largest absolute Gasteiger partial charge is 0.434 e. The number of aromatic nitrogens is 1. The lowest BCUT2D eigenvalue weighted by molar-refractivity contribution is -0.140. The van der Waals surface area contributed by atoms with Gasteiger partial charge >= 0.3 is 6.18 Å². The number of nitrogens with one attached hydrogen (secondary N) is 1. The summed E-state index contributed by atoms with van der Waals surface area (Å²) in [6.07, 6.45) is -3.28. The molecule has 0 aromatic carbocycles. The average Bonchev–Trinajstić information content (AvgIpc) is 2.97. The minimum atomic E-state index is -4.38. The molecule has 2 heterocycles. The van der Waals surface area contributed by atoms with E-state index in [1.807, 2.05) is 11.8 Å². The lowest BCUT2D eigenvalue weighted by Gasteiger charge is -2.34. The first-order valence-corrected chi connectivity index (χ1v) is 8.95. The summed E-state index contributed by atoms with van der Waals surface area (Å²) in [5.41, 5.74) is -0.829. The van der Waals surface area contributed by atoms with Gasteiger partial charge in [-0.2, -0.15) is 24.9 Å². The van der Waals surface area contributed by atoms with Crippen LogP contribution in [0.4, 0.5) is 13.2 Å². The van der Waals surface area contributed by atoms with Crippen molar-refractivity contribution in [1.82, 2.24) is 15.2 Å². The Labute approximate surface area is 159 Å². The number of nitrogens with zero attached hydrogens (tertiary/aromatic N) is 3. The van der Waals surface area contributed by atoms with E-state index in [9.17, 15) is 13.2 Å². The first kappa shape index (κ1) is 20.8. The molecular formula is C13H20F3IN4S2. The molecule has 132 valence electrons. The number of alkyl halides is 3. The molecule has 1 N–H and O–H groups in total. The summed E-state index contributed by atoms with van der Waals surface area (Å²) in [6.45, 7) is 4.22. The highest BCUT2D eigenvalue weighted by Crippen LogP contribution is 2.30. The zero-order valence-corrected chi connectivity index (χ0v) is 16.9. The molecule has 1 saturated heterocycles. The third-order valence-corrected chi connectivity index (χ3v) is 5.57. The van der Waals surface area contributed by atoms with E-state index in [-0.39, 0.29) is 30.5 Å². The van der Waals surface area contributed by atoms with Crippen molar-refractivity contribution in [3.63, 3.8) is 0 Å². The van der Waals surface area contributed by atoms with E-state index in [1.54, 1.807) is 7.05 Å². The molecule has 1 fully saturated rings. The molecule has 0 aliphatic carbocycles. The van der Waals surface area contributed by atoms with E-state index >= 15 is 0 Å². The molecule has 1 aromatic heterocycles. The molecule has 1 aromatic rings. The van der Waals surface area contributed by atoms with Crippen molar-refractivity contribution in [1.29, 1.82) is 0 Å². The van der Waals surface area contributed by atoms with Gasteiger partial charge in [-0.3, -0.25) is 4.99 Å². The number of hydrogen-bond donors (Lipinski definition) is 1. The summed E-state index contributed by atoms with van der Waals surface area (Å²) in [5.74, 6) is 1.76. The molecule has 1 unspecified atom stereocenters. The van der Waals surface area contributed by atoms with Gasteiger partial charge in [0.15, 0.2) is 11.7 Å². The van der Waals surface area contributed by atoms with Crippen molar-refractivity contribution in [3.8, 4) is 0 Å². The van der Waals surface area contributed by atoms with Crippen LogP contribution in [0.5, 0.6) is 0 Å². The molecule has 1 aliphatic rings. The molecule has 23 heavy (non-hydrogen) atoms. The quantitative estimate of drug-likeness (QED) is 0.407. The second kappa shape index (κ2) is 9.30. The second-order valence-corrected chi connectivity index (χ2v) is 7.22. The van der Waals surface area contributed by atoms with Crippen LogP contribution in [0.15, 0.2) is 10.4 Å². The highest BCUT2D eigenvalue weighted by molar-refractivity contribution is 14.0. The van der Waals surface area contributed by atoms with Crippen LogP contribution in [0, 0.1) is 0 Å². The van der Waals surface area contributed by atoms with E-state index in [4.69, 9.17) is 0 Å². The molecule has 0 saturated carbocycles. The molecule has 1 atom stereocenters. The number of thioether (sulfide) groups is 1. The Morgan fingerprint density at radius 3 is 2.83 bits per heavy atom. The molecule has 0 amide bonds. The van der Waals surface area contributed by atoms with Gasteiger partial charge in [0.1, 0.15) is 5.01 Å². The number of aliphatic imine (C=N–C) groups is 1. The standard InChI is InChI=1S/C13H19F3N4S2.HI/c1-3-9-7-20(4-5-21-9)12(17-2)18-6-11-19-10(8-22-11)13(14,15)16;/h8-9H,3-7H2,1-2H3,(H,17,18);1H. The second-order valence-electron chi connectivity index (χ2n) is 4.87. The maximum atomic E-state index is 12.5. The van der Waals surface area contributed by atoms with E-state index in [0.29, 0.717) is 10.3 Å². The van der Waals surface area contributed by atoms with Gasteiger partial charge in [0.25, 0.3) is 0 Å². The number of hydrogen-bond acceptors (Lipinski definition) is 4. The summed E-state index contributed by atoms with van der Waals surface area (Å²) in [4.78, 5) is 10.0. The topological polar surface area (TPSA) is 40.5 Å². The van der Waals surface area contributed by atoms with Crippen molar-refractivity contribution in [2.45, 2.75) is 31.3 Å². The third-order valence-electron chi connectivity index (χ3n) is 3.35. The Morgan fingerprint density at radius 1 is 1.52 bits per heavy atom. The fraction of sp³-hybridized carbons (Fsp3) is 0.692. The Kier molecular flexibility index (Phi) is 8.42. The van der Waals surface area contributed by atoms with E-state index in [1.165, 1.54) is 0 Å². The Hall–Kier alpha value is -0.230. The summed E-state index contributed by atoms with van der Waals surface area (Å²) in [6, 6.07) is 0. The first-order chi connectivity index (χ1) is 10.4. The lowest BCUT2D eigenvalue weighted by Crippen LogP contribution is -2.47. The van der Waals surface area contributed by atoms with Crippen LogP contribution in [0.3, 0.4) is 0 Å². The van der Waals surface area contributed by atoms with Gasteiger partial charge < -0.3 is 10.2 Å². The number of guanidine groups is 1. The molecule has 2 rings (SSSR count). The summed E-state index contributed by atoms with van der Waals surface area (Å²) >= 11 is 2.96. The normalized spacial score (nSPS) is 19.4. The third kappa shape index (κ3) is 5.96. The Morgan fingerprint density at radius 2 is 2.26 bits per heavy atom. The Balaban J connectivity index is 0.00000264. The first-order valence-electron chi connectivity index (χ1n) is 7.02. The summed E-state index contributed by atoms with van der Waals surface area (Å²) < 4.78 is 37.6. The molecule has 0 bridgehead atoms. The lowest BCUT2D eigenvalue weighted by atomic mass is 10.3.